The van der Waals surface area contributed by atoms with Crippen molar-refractivity contribution in [3.8, 4) is 5.75 Å². The lowest BCUT2D eigenvalue weighted by Crippen LogP contribution is -2.33. The lowest BCUT2D eigenvalue weighted by Gasteiger charge is -2.14. The third-order valence-electron chi connectivity index (χ3n) is 2.88. The molecule has 0 heterocycles. The van der Waals surface area contributed by atoms with Crippen LogP contribution in [-0.4, -0.2) is 18.2 Å². The Hall–Kier alpha value is -1.56. The zero-order chi connectivity index (χ0) is 16.8. The second-order valence-corrected chi connectivity index (χ2v) is 6.23. The van der Waals surface area contributed by atoms with Crippen LogP contribution in [0.4, 0.5) is 0 Å². The Balaban J connectivity index is 1.97. The molecule has 2 aromatic carbocycles. The molecule has 1 N–H and O–H groups in total. The molecule has 0 aliphatic heterocycles. The van der Waals surface area contributed by atoms with Crippen LogP contribution in [0.3, 0.4) is 0 Å². The van der Waals surface area contributed by atoms with Crippen molar-refractivity contribution in [3.63, 3.8) is 0 Å². The summed E-state index contributed by atoms with van der Waals surface area (Å²) in [5.74, 6) is 0.188. The number of rotatable bonds is 5. The van der Waals surface area contributed by atoms with Crippen LogP contribution in [0, 0.1) is 0 Å². The molecular formula is C16H13BrCl2N2O2. The Morgan fingerprint density at radius 1 is 1.22 bits per heavy atom. The highest BCUT2D eigenvalue weighted by atomic mass is 79.9. The number of para-hydroxylation sites is 1. The first-order chi connectivity index (χ1) is 11.0. The van der Waals surface area contributed by atoms with E-state index in [-0.39, 0.29) is 5.91 Å². The van der Waals surface area contributed by atoms with Gasteiger partial charge >= 0.3 is 0 Å². The molecule has 0 radical (unpaired) electrons. The van der Waals surface area contributed by atoms with Gasteiger partial charge in [-0.25, -0.2) is 5.43 Å². The van der Waals surface area contributed by atoms with E-state index in [1.54, 1.807) is 31.2 Å². The Kier molecular flexibility index (Phi) is 6.45. The molecule has 1 amide bonds. The third-order valence-corrected chi connectivity index (χ3v) is 4.19. The molecule has 0 fully saturated rings. The molecule has 0 spiro atoms. The number of nitrogens with zero attached hydrogens (tertiary/aromatic N) is 1. The normalized spacial score (nSPS) is 12.2. The number of ether oxygens (including phenoxy) is 1. The second-order valence-electron chi connectivity index (χ2n) is 4.56. The summed E-state index contributed by atoms with van der Waals surface area (Å²) in [4.78, 5) is 12.0. The van der Waals surface area contributed by atoms with Crippen LogP contribution in [0.15, 0.2) is 52.0 Å². The number of benzene rings is 2. The summed E-state index contributed by atoms with van der Waals surface area (Å²) in [6.45, 7) is 1.63. The molecular weight excluding hydrogens is 403 g/mol. The van der Waals surface area contributed by atoms with Crippen LogP contribution in [0.1, 0.15) is 12.5 Å². The van der Waals surface area contributed by atoms with Crippen molar-refractivity contribution in [1.82, 2.24) is 5.43 Å². The topological polar surface area (TPSA) is 50.7 Å². The first-order valence-electron chi connectivity index (χ1n) is 6.67. The molecule has 7 heteroatoms. The van der Waals surface area contributed by atoms with E-state index in [9.17, 15) is 4.79 Å². The number of halogens is 3. The van der Waals surface area contributed by atoms with Gasteiger partial charge in [0.1, 0.15) is 5.75 Å². The summed E-state index contributed by atoms with van der Waals surface area (Å²) < 4.78 is 6.34. The Labute approximate surface area is 152 Å². The van der Waals surface area contributed by atoms with Gasteiger partial charge in [0.05, 0.1) is 20.7 Å². The Morgan fingerprint density at radius 2 is 1.87 bits per heavy atom. The first-order valence-corrected chi connectivity index (χ1v) is 8.22. The fourth-order valence-electron chi connectivity index (χ4n) is 1.67. The standard InChI is InChI=1S/C16H13BrCl2N2O2/c1-10(23-15-8-3-2-5-12(15)17)16(22)21-20-9-11-13(18)6-4-7-14(11)19/h2-10H,1H3,(H,21,22)/b20-9+. The number of carbonyl (C=O) groups is 1. The molecule has 1 unspecified atom stereocenters. The average Bonchev–Trinajstić information content (AvgIpc) is 2.52. The van der Waals surface area contributed by atoms with E-state index in [0.717, 1.165) is 4.47 Å². The zero-order valence-electron chi connectivity index (χ0n) is 12.1. The molecule has 4 nitrogen and oxygen atoms in total. The maximum Gasteiger partial charge on any atom is 0.280 e. The Morgan fingerprint density at radius 3 is 2.52 bits per heavy atom. The summed E-state index contributed by atoms with van der Waals surface area (Å²) in [6.07, 6.45) is 0.681. The van der Waals surface area contributed by atoms with E-state index < -0.39 is 6.10 Å². The van der Waals surface area contributed by atoms with E-state index in [1.807, 2.05) is 18.2 Å². The highest BCUT2D eigenvalue weighted by molar-refractivity contribution is 9.10. The van der Waals surface area contributed by atoms with Crippen LogP contribution in [-0.2, 0) is 4.79 Å². The minimum atomic E-state index is -0.715. The van der Waals surface area contributed by atoms with Crippen LogP contribution < -0.4 is 10.2 Å². The summed E-state index contributed by atoms with van der Waals surface area (Å²) in [5.41, 5.74) is 2.94. The maximum absolute atomic E-state index is 12.0. The molecule has 0 aliphatic rings. The maximum atomic E-state index is 12.0. The zero-order valence-corrected chi connectivity index (χ0v) is 15.2. The van der Waals surface area contributed by atoms with Gasteiger partial charge in [-0.3, -0.25) is 4.79 Å². The average molecular weight is 416 g/mol. The molecule has 120 valence electrons. The molecule has 0 aromatic heterocycles. The fourth-order valence-corrected chi connectivity index (χ4v) is 2.54. The predicted molar refractivity (Wildman–Crippen MR) is 96.4 cm³/mol. The van der Waals surface area contributed by atoms with Crippen LogP contribution >= 0.6 is 39.1 Å². The van der Waals surface area contributed by atoms with Gasteiger partial charge in [0, 0.05) is 5.56 Å². The van der Waals surface area contributed by atoms with Gasteiger partial charge in [0.15, 0.2) is 6.10 Å². The van der Waals surface area contributed by atoms with Gasteiger partial charge in [0.2, 0.25) is 0 Å². The fraction of sp³-hybridized carbons (Fsp3) is 0.125. The SMILES string of the molecule is CC(Oc1ccccc1Br)C(=O)N/N=C/c1c(Cl)cccc1Cl. The van der Waals surface area contributed by atoms with Crippen molar-refractivity contribution < 1.29 is 9.53 Å². The summed E-state index contributed by atoms with van der Waals surface area (Å²) >= 11 is 15.4. The van der Waals surface area contributed by atoms with E-state index >= 15 is 0 Å². The Bertz CT molecular complexity index is 718. The van der Waals surface area contributed by atoms with Gasteiger partial charge in [-0.15, -0.1) is 0 Å². The number of nitrogens with one attached hydrogen (secondary N) is 1. The summed E-state index contributed by atoms with van der Waals surface area (Å²) in [7, 11) is 0. The highest BCUT2D eigenvalue weighted by Crippen LogP contribution is 2.25. The lowest BCUT2D eigenvalue weighted by molar-refractivity contribution is -0.127. The molecule has 0 saturated carbocycles. The molecule has 0 bridgehead atoms. The molecule has 1 atom stereocenters. The van der Waals surface area contributed by atoms with Gasteiger partial charge < -0.3 is 4.74 Å². The minimum Gasteiger partial charge on any atom is -0.480 e. The van der Waals surface area contributed by atoms with Crippen LogP contribution in [0.5, 0.6) is 5.75 Å². The van der Waals surface area contributed by atoms with Gasteiger partial charge in [-0.05, 0) is 47.1 Å². The largest absolute Gasteiger partial charge is 0.480 e. The monoisotopic (exact) mass is 414 g/mol. The predicted octanol–water partition coefficient (Wildman–Crippen LogP) is 4.67. The molecule has 23 heavy (non-hydrogen) atoms. The number of amides is 1. The van der Waals surface area contributed by atoms with Crippen molar-refractivity contribution in [2.75, 3.05) is 0 Å². The smallest absolute Gasteiger partial charge is 0.280 e. The highest BCUT2D eigenvalue weighted by Gasteiger charge is 2.15. The molecule has 2 rings (SSSR count). The van der Waals surface area contributed by atoms with Crippen LogP contribution in [0.25, 0.3) is 0 Å². The van der Waals surface area contributed by atoms with Gasteiger partial charge in [-0.1, -0.05) is 41.4 Å². The van der Waals surface area contributed by atoms with Crippen molar-refractivity contribution >= 4 is 51.3 Å². The number of hydrogen-bond donors (Lipinski definition) is 1. The van der Waals surface area contributed by atoms with Crippen LogP contribution in [0.2, 0.25) is 10.0 Å². The molecule has 2 aromatic rings. The molecule has 0 saturated heterocycles. The van der Waals surface area contributed by atoms with Gasteiger partial charge in [-0.2, -0.15) is 5.10 Å². The third kappa shape index (κ3) is 4.96. The summed E-state index contributed by atoms with van der Waals surface area (Å²) in [6, 6.07) is 12.4. The number of hydrazone groups is 1. The van der Waals surface area contributed by atoms with Crippen molar-refractivity contribution in [2.45, 2.75) is 13.0 Å². The van der Waals surface area contributed by atoms with E-state index in [0.29, 0.717) is 21.4 Å². The van der Waals surface area contributed by atoms with Crippen molar-refractivity contribution in [1.29, 1.82) is 0 Å². The van der Waals surface area contributed by atoms with Crippen molar-refractivity contribution in [2.24, 2.45) is 5.10 Å². The minimum absolute atomic E-state index is 0.389. The second kappa shape index (κ2) is 8.34. The van der Waals surface area contributed by atoms with E-state index in [2.05, 4.69) is 26.5 Å². The summed E-state index contributed by atoms with van der Waals surface area (Å²) in [5, 5.41) is 4.77. The number of hydrogen-bond acceptors (Lipinski definition) is 3. The molecule has 0 aliphatic carbocycles. The first kappa shape index (κ1) is 17.8. The van der Waals surface area contributed by atoms with E-state index in [1.165, 1.54) is 6.21 Å². The van der Waals surface area contributed by atoms with Crippen molar-refractivity contribution in [3.05, 3.63) is 62.5 Å². The van der Waals surface area contributed by atoms with E-state index in [4.69, 9.17) is 27.9 Å². The number of carbonyl (C=O) groups excluding carboxylic acids is 1. The van der Waals surface area contributed by atoms with Gasteiger partial charge in [0.25, 0.3) is 5.91 Å². The lowest BCUT2D eigenvalue weighted by atomic mass is 10.2. The quantitative estimate of drug-likeness (QED) is 0.569.